The average molecular weight is 228 g/mol. The summed E-state index contributed by atoms with van der Waals surface area (Å²) in [5, 5.41) is 7.70. The first-order chi connectivity index (χ1) is 5.57. The van der Waals surface area contributed by atoms with E-state index in [9.17, 15) is 22.9 Å². The first-order valence-electron chi connectivity index (χ1n) is 2.48. The zero-order valence-corrected chi connectivity index (χ0v) is 7.57. The number of alkyl halides is 2. The standard InChI is InChI=1S/C3H3F2O7P.Li.H/c4-3(5,1(6)7)2(8)12-13(9,10)11;;/h(H,6,7)(H2,9,10,11);;/q;+1;-1. The molecule has 0 saturated carbocycles. The normalized spacial score (nSPS) is 11.4. The number of carbonyl (C=O) groups excluding carboxylic acids is 1. The van der Waals surface area contributed by atoms with E-state index >= 15 is 0 Å². The molecule has 14 heavy (non-hydrogen) atoms. The topological polar surface area (TPSA) is 121 Å². The molecule has 0 radical (unpaired) electrons. The fourth-order valence-electron chi connectivity index (χ4n) is 0.253. The predicted octanol–water partition coefficient (Wildman–Crippen LogP) is -3.54. The molecule has 0 bridgehead atoms. The number of carboxylic acid groups (broad SMARTS) is 1. The summed E-state index contributed by atoms with van der Waals surface area (Å²) in [5.74, 6) is -10.6. The van der Waals surface area contributed by atoms with Gasteiger partial charge in [0, 0.05) is 0 Å². The van der Waals surface area contributed by atoms with Crippen LogP contribution in [-0.4, -0.2) is 32.8 Å². The number of rotatable bonds is 3. The summed E-state index contributed by atoms with van der Waals surface area (Å²) in [4.78, 5) is 35.5. The van der Waals surface area contributed by atoms with Gasteiger partial charge in [-0.2, -0.15) is 8.78 Å². The van der Waals surface area contributed by atoms with Crippen molar-refractivity contribution in [2.24, 2.45) is 0 Å². The molecule has 7 nitrogen and oxygen atoms in total. The molecule has 11 heteroatoms. The second-order valence-corrected chi connectivity index (χ2v) is 2.91. The van der Waals surface area contributed by atoms with Crippen LogP contribution in [0.15, 0.2) is 0 Å². The maximum Gasteiger partial charge on any atom is 1.00 e. The van der Waals surface area contributed by atoms with Crippen LogP contribution in [0, 0.1) is 0 Å². The summed E-state index contributed by atoms with van der Waals surface area (Å²) < 4.78 is 36.8. The number of carbonyl (C=O) groups is 2. The van der Waals surface area contributed by atoms with Crippen molar-refractivity contribution in [2.75, 3.05) is 0 Å². The molecule has 78 valence electrons. The van der Waals surface area contributed by atoms with E-state index in [-0.39, 0.29) is 20.3 Å². The minimum absolute atomic E-state index is 0. The summed E-state index contributed by atoms with van der Waals surface area (Å²) in [7, 11) is -5.45. The Hall–Kier alpha value is -0.453. The Kier molecular flexibility index (Phi) is 5.56. The van der Waals surface area contributed by atoms with Crippen LogP contribution in [-0.2, 0) is 18.7 Å². The Morgan fingerprint density at radius 1 is 1.36 bits per heavy atom. The number of hydrogen-bond donors (Lipinski definition) is 3. The molecular formula is C3H4F2LiO7P. The molecule has 0 amide bonds. The van der Waals surface area contributed by atoms with Gasteiger partial charge in [-0.05, 0) is 0 Å². The quantitative estimate of drug-likeness (QED) is 0.260. The van der Waals surface area contributed by atoms with Gasteiger partial charge < -0.3 is 11.1 Å². The molecule has 0 fully saturated rings. The number of carboxylic acids is 1. The van der Waals surface area contributed by atoms with Gasteiger partial charge in [-0.25, -0.2) is 14.2 Å². The van der Waals surface area contributed by atoms with Crippen molar-refractivity contribution < 1.29 is 62.6 Å². The third-order valence-electron chi connectivity index (χ3n) is 0.727. The van der Waals surface area contributed by atoms with E-state index in [4.69, 9.17) is 14.9 Å². The summed E-state index contributed by atoms with van der Waals surface area (Å²) in [6.07, 6.45) is 0. The molecule has 0 aliphatic rings. The maximum atomic E-state index is 12.1. The monoisotopic (exact) mass is 228 g/mol. The molecule has 0 rings (SSSR count). The van der Waals surface area contributed by atoms with Crippen LogP contribution in [0.5, 0.6) is 0 Å². The molecule has 0 spiro atoms. The van der Waals surface area contributed by atoms with E-state index in [1.165, 1.54) is 0 Å². The summed E-state index contributed by atoms with van der Waals surface area (Å²) in [6, 6.07) is 0. The van der Waals surface area contributed by atoms with Gasteiger partial charge >= 0.3 is 44.5 Å². The largest absolute Gasteiger partial charge is 1.00 e. The molecule has 0 unspecified atom stereocenters. The van der Waals surface area contributed by atoms with Crippen LogP contribution < -0.4 is 18.9 Å². The molecule has 0 aromatic rings. The average Bonchev–Trinajstić information content (AvgIpc) is 1.82. The van der Waals surface area contributed by atoms with Gasteiger partial charge in [0.05, 0.1) is 0 Å². The van der Waals surface area contributed by atoms with Crippen LogP contribution >= 0.6 is 7.82 Å². The van der Waals surface area contributed by atoms with Crippen molar-refractivity contribution in [3.05, 3.63) is 0 Å². The second kappa shape index (κ2) is 4.86. The van der Waals surface area contributed by atoms with E-state index < -0.39 is 25.7 Å². The fraction of sp³-hybridized carbons (Fsp3) is 0.333. The Morgan fingerprint density at radius 2 is 1.71 bits per heavy atom. The van der Waals surface area contributed by atoms with Gasteiger partial charge in [-0.15, -0.1) is 0 Å². The van der Waals surface area contributed by atoms with Gasteiger partial charge in [0.1, 0.15) is 0 Å². The van der Waals surface area contributed by atoms with Crippen molar-refractivity contribution >= 4 is 19.8 Å². The molecule has 0 atom stereocenters. The zero-order chi connectivity index (χ0) is 10.9. The molecule has 0 aromatic carbocycles. The summed E-state index contributed by atoms with van der Waals surface area (Å²) >= 11 is 0. The molecular weight excluding hydrogens is 224 g/mol. The molecule has 0 saturated heterocycles. The number of phosphoric acid groups is 1. The van der Waals surface area contributed by atoms with Crippen LogP contribution in [0.3, 0.4) is 0 Å². The van der Waals surface area contributed by atoms with Crippen molar-refractivity contribution in [1.82, 2.24) is 0 Å². The molecule has 0 aliphatic heterocycles. The van der Waals surface area contributed by atoms with Gasteiger partial charge in [0.25, 0.3) is 0 Å². The van der Waals surface area contributed by atoms with Crippen LogP contribution in [0.4, 0.5) is 8.78 Å². The van der Waals surface area contributed by atoms with Crippen molar-refractivity contribution in [3.63, 3.8) is 0 Å². The zero-order valence-electron chi connectivity index (χ0n) is 7.68. The van der Waals surface area contributed by atoms with Gasteiger partial charge in [0.15, 0.2) is 0 Å². The molecule has 3 N–H and O–H groups in total. The third-order valence-corrected chi connectivity index (χ3v) is 1.13. The molecule has 0 heterocycles. The minimum Gasteiger partial charge on any atom is -1.00 e. The van der Waals surface area contributed by atoms with Crippen molar-refractivity contribution in [2.45, 2.75) is 5.92 Å². The maximum absolute atomic E-state index is 12.1. The Labute approximate surface area is 89.0 Å². The van der Waals surface area contributed by atoms with Crippen LogP contribution in [0.1, 0.15) is 1.43 Å². The van der Waals surface area contributed by atoms with E-state index in [1.54, 1.807) is 0 Å². The SMILES string of the molecule is O=C(O)C(F)(F)C(=O)OP(=O)(O)O.[H-].[Li+]. The number of aliphatic carboxylic acids is 1. The fourth-order valence-corrected chi connectivity index (χ4v) is 0.583. The first-order valence-corrected chi connectivity index (χ1v) is 4.01. The van der Waals surface area contributed by atoms with Gasteiger partial charge in [-0.3, -0.25) is 9.79 Å². The first kappa shape index (κ1) is 16.0. The molecule has 0 aliphatic carbocycles. The molecule has 0 aromatic heterocycles. The minimum atomic E-state index is -5.45. The number of halogens is 2. The second-order valence-electron chi connectivity index (χ2n) is 1.75. The predicted molar refractivity (Wildman–Crippen MR) is 31.8 cm³/mol. The Bertz CT molecular complexity index is 290. The third kappa shape index (κ3) is 4.69. The van der Waals surface area contributed by atoms with Gasteiger partial charge in [-0.1, -0.05) is 0 Å². The number of phosphoric ester groups is 1. The van der Waals surface area contributed by atoms with E-state index in [2.05, 4.69) is 4.52 Å². The number of hydrogen-bond acceptors (Lipinski definition) is 4. The summed E-state index contributed by atoms with van der Waals surface area (Å²) in [6.45, 7) is 0. The van der Waals surface area contributed by atoms with Crippen LogP contribution in [0.25, 0.3) is 0 Å². The van der Waals surface area contributed by atoms with E-state index in [1.807, 2.05) is 0 Å². The van der Waals surface area contributed by atoms with Crippen molar-refractivity contribution in [3.8, 4) is 0 Å². The summed E-state index contributed by atoms with van der Waals surface area (Å²) in [5.41, 5.74) is 0. The van der Waals surface area contributed by atoms with Crippen LogP contribution in [0.2, 0.25) is 0 Å². The van der Waals surface area contributed by atoms with E-state index in [0.717, 1.165) is 0 Å². The smallest absolute Gasteiger partial charge is 1.00 e. The Balaban J connectivity index is -0.000000720. The Morgan fingerprint density at radius 3 is 1.93 bits per heavy atom. The van der Waals surface area contributed by atoms with Crippen molar-refractivity contribution in [1.29, 1.82) is 0 Å². The van der Waals surface area contributed by atoms with E-state index in [0.29, 0.717) is 0 Å². The van der Waals surface area contributed by atoms with Gasteiger partial charge in [0.2, 0.25) is 0 Å².